The van der Waals surface area contributed by atoms with E-state index >= 15 is 0 Å². The van der Waals surface area contributed by atoms with Gasteiger partial charge in [0, 0.05) is 23.5 Å². The summed E-state index contributed by atoms with van der Waals surface area (Å²) in [5, 5.41) is 47.9. The molecule has 2 fully saturated rings. The molecule has 0 aromatic heterocycles. The summed E-state index contributed by atoms with van der Waals surface area (Å²) in [6.45, 7) is 4.04. The van der Waals surface area contributed by atoms with Crippen LogP contribution in [0.15, 0.2) is 23.0 Å². The number of aliphatic hydroxyl groups excluding tert-OH is 2. The second kappa shape index (κ2) is 9.87. The fraction of sp³-hybridized carbons (Fsp3) is 0.552. The van der Waals surface area contributed by atoms with Gasteiger partial charge in [-0.05, 0) is 61.3 Å². The first-order valence-corrected chi connectivity index (χ1v) is 13.8. The van der Waals surface area contributed by atoms with Gasteiger partial charge in [-0.1, -0.05) is 26.7 Å². The number of nitrogens with one attached hydrogen (secondary N) is 1. The largest absolute Gasteiger partial charge is 0.508 e. The fourth-order valence-corrected chi connectivity index (χ4v) is 7.67. The molecule has 2 unspecified atom stereocenters. The number of carbonyl (C=O) groups is 3. The maximum Gasteiger partial charge on any atom is 0.417 e. The molecule has 1 saturated carbocycles. The molecular weight excluding hydrogens is 545 g/mol. The standard InChI is InChI=1S/C29H33F3N2O7/c1-3-5-11(2)18-15-9-12-8-14-20(17(35)10-13(16-6-4-7-34-16)22(14)29(30,31)32)24(37)19(12)25(38)28(15,41)26(39)21(23(18)36)27(33)40/h10-12,15-16,18,34-35,37,39,41H,3-9H2,1-2H3,(H2,33,40)/t11?,12-,15-,16?,18-,28-/m0/s1. The van der Waals surface area contributed by atoms with Crippen molar-refractivity contribution in [1.29, 1.82) is 0 Å². The van der Waals surface area contributed by atoms with Gasteiger partial charge < -0.3 is 31.5 Å². The molecule has 7 N–H and O–H groups in total. The molecule has 1 heterocycles. The number of aromatic hydroxyl groups is 1. The van der Waals surface area contributed by atoms with Crippen LogP contribution in [0.3, 0.4) is 0 Å². The van der Waals surface area contributed by atoms with E-state index in [9.17, 15) is 48.0 Å². The Hall–Kier alpha value is -3.38. The summed E-state index contributed by atoms with van der Waals surface area (Å²) in [6, 6.07) is 0.273. The molecule has 0 spiro atoms. The molecule has 3 aliphatic carbocycles. The molecule has 222 valence electrons. The maximum atomic E-state index is 14.6. The number of fused-ring (bicyclic) bond motifs is 3. The van der Waals surface area contributed by atoms with Crippen LogP contribution in [0.5, 0.6) is 5.75 Å². The van der Waals surface area contributed by atoms with Gasteiger partial charge in [0.05, 0.1) is 11.1 Å². The van der Waals surface area contributed by atoms with E-state index in [-0.39, 0.29) is 17.5 Å². The number of alkyl halides is 3. The number of rotatable bonds is 5. The van der Waals surface area contributed by atoms with Gasteiger partial charge >= 0.3 is 6.18 Å². The smallest absolute Gasteiger partial charge is 0.417 e. The van der Waals surface area contributed by atoms with E-state index in [1.165, 1.54) is 0 Å². The van der Waals surface area contributed by atoms with Crippen LogP contribution in [0, 0.1) is 23.7 Å². The average Bonchev–Trinajstić information content (AvgIpc) is 3.40. The number of amides is 1. The lowest BCUT2D eigenvalue weighted by Gasteiger charge is -2.50. The summed E-state index contributed by atoms with van der Waals surface area (Å²) in [4.78, 5) is 39.6. The zero-order valence-electron chi connectivity index (χ0n) is 22.6. The monoisotopic (exact) mass is 578 g/mol. The average molecular weight is 579 g/mol. The van der Waals surface area contributed by atoms with Crippen LogP contribution in [0.25, 0.3) is 5.76 Å². The normalized spacial score (nSPS) is 30.7. The van der Waals surface area contributed by atoms with Crippen molar-refractivity contribution in [2.45, 2.75) is 70.2 Å². The van der Waals surface area contributed by atoms with E-state index < -0.39 is 105 Å². The number of primary amides is 1. The number of ketones is 2. The first-order chi connectivity index (χ1) is 19.2. The van der Waals surface area contributed by atoms with Gasteiger partial charge in [0.2, 0.25) is 5.78 Å². The van der Waals surface area contributed by atoms with Crippen LogP contribution in [0.1, 0.15) is 74.2 Å². The summed E-state index contributed by atoms with van der Waals surface area (Å²) < 4.78 is 43.8. The number of hydrogen-bond donors (Lipinski definition) is 6. The Kier molecular flexibility index (Phi) is 7.01. The molecule has 9 nitrogen and oxygen atoms in total. The highest BCUT2D eigenvalue weighted by Gasteiger charge is 2.64. The zero-order valence-corrected chi connectivity index (χ0v) is 22.6. The van der Waals surface area contributed by atoms with E-state index in [1.54, 1.807) is 6.92 Å². The van der Waals surface area contributed by atoms with Crippen LogP contribution < -0.4 is 11.1 Å². The van der Waals surface area contributed by atoms with E-state index in [1.807, 2.05) is 6.92 Å². The van der Waals surface area contributed by atoms with Gasteiger partial charge in [-0.3, -0.25) is 14.4 Å². The van der Waals surface area contributed by atoms with Crippen LogP contribution in [-0.2, 0) is 27.0 Å². The third-order valence-corrected chi connectivity index (χ3v) is 9.36. The van der Waals surface area contributed by atoms with Gasteiger partial charge in [-0.15, -0.1) is 0 Å². The topological polar surface area (TPSA) is 170 Å². The molecule has 1 aromatic carbocycles. The number of phenolic OH excluding ortho intramolecular Hbond substituents is 1. The van der Waals surface area contributed by atoms with Gasteiger partial charge in [-0.2, -0.15) is 13.2 Å². The summed E-state index contributed by atoms with van der Waals surface area (Å²) in [5.74, 6) is -10.2. The Morgan fingerprint density at radius 3 is 2.49 bits per heavy atom. The van der Waals surface area contributed by atoms with Crippen LogP contribution in [-0.4, -0.2) is 50.0 Å². The number of aliphatic hydroxyl groups is 3. The number of phenols is 1. The minimum absolute atomic E-state index is 0.157. The van der Waals surface area contributed by atoms with Crippen molar-refractivity contribution in [1.82, 2.24) is 5.32 Å². The number of halogens is 3. The number of Topliss-reactive ketones (excluding diaryl/α,β-unsaturated/α-hetero) is 2. The zero-order chi connectivity index (χ0) is 30.2. The van der Waals surface area contributed by atoms with Crippen molar-refractivity contribution < 1.29 is 48.0 Å². The van der Waals surface area contributed by atoms with Gasteiger partial charge in [0.15, 0.2) is 11.4 Å². The number of hydrogen-bond acceptors (Lipinski definition) is 8. The first kappa shape index (κ1) is 29.1. The second-order valence-corrected chi connectivity index (χ2v) is 11.7. The predicted octanol–water partition coefficient (Wildman–Crippen LogP) is 3.53. The molecule has 6 atom stereocenters. The van der Waals surface area contributed by atoms with Crippen molar-refractivity contribution in [3.8, 4) is 5.75 Å². The lowest BCUT2D eigenvalue weighted by Crippen LogP contribution is -2.62. The summed E-state index contributed by atoms with van der Waals surface area (Å²) >= 11 is 0. The van der Waals surface area contributed by atoms with E-state index in [2.05, 4.69) is 5.32 Å². The summed E-state index contributed by atoms with van der Waals surface area (Å²) in [6.07, 6.45) is -3.39. The van der Waals surface area contributed by atoms with Crippen molar-refractivity contribution in [2.75, 3.05) is 6.54 Å². The molecule has 1 aromatic rings. The predicted molar refractivity (Wildman–Crippen MR) is 139 cm³/mol. The van der Waals surface area contributed by atoms with Crippen molar-refractivity contribution >= 4 is 23.2 Å². The van der Waals surface area contributed by atoms with Crippen LogP contribution in [0.4, 0.5) is 13.2 Å². The maximum absolute atomic E-state index is 14.6. The van der Waals surface area contributed by atoms with E-state index in [0.29, 0.717) is 32.2 Å². The van der Waals surface area contributed by atoms with Crippen molar-refractivity contribution in [3.63, 3.8) is 0 Å². The summed E-state index contributed by atoms with van der Waals surface area (Å²) in [7, 11) is 0. The van der Waals surface area contributed by atoms with Gasteiger partial charge in [-0.25, -0.2) is 0 Å². The lowest BCUT2D eigenvalue weighted by atomic mass is 9.54. The molecular formula is C29H33F3N2O7. The first-order valence-electron chi connectivity index (χ1n) is 13.8. The molecule has 12 heteroatoms. The highest BCUT2D eigenvalue weighted by atomic mass is 19.4. The number of benzene rings is 1. The minimum atomic E-state index is -4.86. The Bertz CT molecular complexity index is 1410. The van der Waals surface area contributed by atoms with E-state index in [0.717, 1.165) is 6.07 Å². The highest BCUT2D eigenvalue weighted by molar-refractivity contribution is 6.23. The molecule has 1 saturated heterocycles. The van der Waals surface area contributed by atoms with Crippen molar-refractivity contribution in [3.05, 3.63) is 45.2 Å². The SMILES string of the molecule is CCCC(C)[C@@H]1C(=O)C(C(N)=O)=C(O)[C@@]2(O)C(=O)C3=C(O)c4c(O)cc(C5CCCN5)c(C(F)(F)F)c4C[C@H]3C[C@@H]12. The summed E-state index contributed by atoms with van der Waals surface area (Å²) in [5.41, 5.74) is -0.930. The molecule has 0 bridgehead atoms. The molecule has 1 amide bonds. The van der Waals surface area contributed by atoms with Crippen LogP contribution >= 0.6 is 0 Å². The Balaban J connectivity index is 1.75. The number of nitrogens with two attached hydrogens (primary N) is 1. The quantitative estimate of drug-likeness (QED) is 0.288. The third-order valence-electron chi connectivity index (χ3n) is 9.36. The second-order valence-electron chi connectivity index (χ2n) is 11.7. The molecule has 41 heavy (non-hydrogen) atoms. The molecule has 0 radical (unpaired) electrons. The highest BCUT2D eigenvalue weighted by Crippen LogP contribution is 2.56. The van der Waals surface area contributed by atoms with Crippen molar-refractivity contribution in [2.24, 2.45) is 29.4 Å². The van der Waals surface area contributed by atoms with Gasteiger partial charge in [0.1, 0.15) is 22.8 Å². The Morgan fingerprint density at radius 2 is 1.93 bits per heavy atom. The lowest BCUT2D eigenvalue weighted by molar-refractivity contribution is -0.155. The Morgan fingerprint density at radius 1 is 1.24 bits per heavy atom. The van der Waals surface area contributed by atoms with E-state index in [4.69, 9.17) is 5.73 Å². The minimum Gasteiger partial charge on any atom is -0.508 e. The Labute approximate surface area is 233 Å². The molecule has 4 aliphatic rings. The number of carbonyl (C=O) groups excluding carboxylic acids is 3. The van der Waals surface area contributed by atoms with Gasteiger partial charge in [0.25, 0.3) is 5.91 Å². The fourth-order valence-electron chi connectivity index (χ4n) is 7.67. The molecule has 1 aliphatic heterocycles. The third kappa shape index (κ3) is 4.17. The van der Waals surface area contributed by atoms with Crippen LogP contribution in [0.2, 0.25) is 0 Å². The molecule has 5 rings (SSSR count).